The van der Waals surface area contributed by atoms with Gasteiger partial charge in [0.25, 0.3) is 0 Å². The normalized spacial score (nSPS) is 20.3. The highest BCUT2D eigenvalue weighted by Gasteiger charge is 2.31. The summed E-state index contributed by atoms with van der Waals surface area (Å²) in [6.45, 7) is 2.35. The molecule has 2 aromatic rings. The maximum absolute atomic E-state index is 13.7. The SMILES string of the molecule is Cc1ccccc1Oc1ccc(N2C[C@@H](F)C[C@H]2CC#N)cc1. The number of hydrogen-bond donors (Lipinski definition) is 0. The van der Waals surface area contributed by atoms with Gasteiger partial charge in [-0.05, 0) is 42.8 Å². The molecule has 1 aliphatic heterocycles. The van der Waals surface area contributed by atoms with Gasteiger partial charge < -0.3 is 9.64 Å². The van der Waals surface area contributed by atoms with Gasteiger partial charge in [0.15, 0.2) is 0 Å². The van der Waals surface area contributed by atoms with Crippen molar-refractivity contribution in [3.8, 4) is 17.6 Å². The Labute approximate surface area is 135 Å². The summed E-state index contributed by atoms with van der Waals surface area (Å²) >= 11 is 0. The number of nitriles is 1. The van der Waals surface area contributed by atoms with Crippen LogP contribution in [0.1, 0.15) is 18.4 Å². The molecule has 2 aromatic carbocycles. The quantitative estimate of drug-likeness (QED) is 0.827. The molecule has 0 aliphatic carbocycles. The number of nitrogens with zero attached hydrogens (tertiary/aromatic N) is 2. The van der Waals surface area contributed by atoms with Crippen LogP contribution in [-0.4, -0.2) is 18.8 Å². The Morgan fingerprint density at radius 2 is 1.96 bits per heavy atom. The second kappa shape index (κ2) is 6.70. The molecule has 0 unspecified atom stereocenters. The summed E-state index contributed by atoms with van der Waals surface area (Å²) in [5.41, 5.74) is 2.01. The zero-order valence-electron chi connectivity index (χ0n) is 13.1. The van der Waals surface area contributed by atoms with Gasteiger partial charge in [0, 0.05) is 24.7 Å². The number of alkyl halides is 1. The van der Waals surface area contributed by atoms with E-state index in [0.29, 0.717) is 19.4 Å². The Hall–Kier alpha value is -2.54. The lowest BCUT2D eigenvalue weighted by atomic mass is 10.1. The van der Waals surface area contributed by atoms with Crippen molar-refractivity contribution in [1.82, 2.24) is 0 Å². The van der Waals surface area contributed by atoms with Crippen LogP contribution < -0.4 is 9.64 Å². The molecule has 3 rings (SSSR count). The molecule has 118 valence electrons. The van der Waals surface area contributed by atoms with Crippen molar-refractivity contribution in [3.05, 3.63) is 54.1 Å². The Bertz CT molecular complexity index is 708. The molecule has 0 radical (unpaired) electrons. The maximum Gasteiger partial charge on any atom is 0.130 e. The number of hydrogen-bond acceptors (Lipinski definition) is 3. The lowest BCUT2D eigenvalue weighted by Gasteiger charge is -2.24. The number of para-hydroxylation sites is 1. The predicted octanol–water partition coefficient (Wildman–Crippen LogP) is 4.62. The van der Waals surface area contributed by atoms with Gasteiger partial charge in [-0.2, -0.15) is 5.26 Å². The van der Waals surface area contributed by atoms with Gasteiger partial charge >= 0.3 is 0 Å². The van der Waals surface area contributed by atoms with E-state index in [1.54, 1.807) is 0 Å². The Kier molecular flexibility index (Phi) is 4.47. The van der Waals surface area contributed by atoms with E-state index < -0.39 is 6.17 Å². The van der Waals surface area contributed by atoms with E-state index in [1.807, 2.05) is 60.4 Å². The summed E-state index contributed by atoms with van der Waals surface area (Å²) in [7, 11) is 0. The number of aryl methyl sites for hydroxylation is 1. The van der Waals surface area contributed by atoms with Crippen molar-refractivity contribution in [1.29, 1.82) is 5.26 Å². The zero-order chi connectivity index (χ0) is 16.2. The molecule has 0 aromatic heterocycles. The molecule has 3 nitrogen and oxygen atoms in total. The lowest BCUT2D eigenvalue weighted by molar-refractivity contribution is 0.356. The second-order valence-electron chi connectivity index (χ2n) is 5.86. The maximum atomic E-state index is 13.7. The second-order valence-corrected chi connectivity index (χ2v) is 5.86. The molecule has 23 heavy (non-hydrogen) atoms. The van der Waals surface area contributed by atoms with Crippen molar-refractivity contribution in [3.63, 3.8) is 0 Å². The van der Waals surface area contributed by atoms with Crippen LogP contribution >= 0.6 is 0 Å². The molecule has 0 amide bonds. The minimum Gasteiger partial charge on any atom is -0.457 e. The fourth-order valence-electron chi connectivity index (χ4n) is 2.98. The van der Waals surface area contributed by atoms with Crippen LogP contribution in [0.5, 0.6) is 11.5 Å². The standard InChI is InChI=1S/C19H19FN2O/c1-14-4-2-3-5-19(14)23-18-8-6-16(7-9-18)22-13-15(20)12-17(22)10-11-21/h2-9,15,17H,10,12-13H2,1H3/t15-,17+/m0/s1. The summed E-state index contributed by atoms with van der Waals surface area (Å²) in [5, 5.41) is 8.89. The van der Waals surface area contributed by atoms with Crippen molar-refractivity contribution in [2.24, 2.45) is 0 Å². The van der Waals surface area contributed by atoms with Crippen LogP contribution in [0.25, 0.3) is 0 Å². The van der Waals surface area contributed by atoms with Crippen LogP contribution in [0.4, 0.5) is 10.1 Å². The smallest absolute Gasteiger partial charge is 0.130 e. The molecule has 1 heterocycles. The molecule has 2 atom stereocenters. The summed E-state index contributed by atoms with van der Waals surface area (Å²) in [5.74, 6) is 1.57. The van der Waals surface area contributed by atoms with Crippen molar-refractivity contribution >= 4 is 5.69 Å². The van der Waals surface area contributed by atoms with E-state index in [-0.39, 0.29) is 6.04 Å². The van der Waals surface area contributed by atoms with Crippen molar-refractivity contribution in [2.45, 2.75) is 32.0 Å². The fraction of sp³-hybridized carbons (Fsp3) is 0.316. The zero-order valence-corrected chi connectivity index (χ0v) is 13.1. The number of benzene rings is 2. The molecule has 1 fully saturated rings. The summed E-state index contributed by atoms with van der Waals surface area (Å²) in [6, 6.07) is 17.6. The van der Waals surface area contributed by atoms with Gasteiger partial charge in [0.1, 0.15) is 17.7 Å². The Balaban J connectivity index is 1.74. The molecule has 0 saturated carbocycles. The summed E-state index contributed by atoms with van der Waals surface area (Å²) in [4.78, 5) is 1.98. The number of halogens is 1. The van der Waals surface area contributed by atoms with Crippen LogP contribution in [0.2, 0.25) is 0 Å². The van der Waals surface area contributed by atoms with Gasteiger partial charge in [-0.3, -0.25) is 0 Å². The van der Waals surface area contributed by atoms with Crippen LogP contribution in [0, 0.1) is 18.3 Å². The highest BCUT2D eigenvalue weighted by Crippen LogP contribution is 2.31. The first kappa shape index (κ1) is 15.4. The average Bonchev–Trinajstić information content (AvgIpc) is 2.91. The first-order valence-electron chi connectivity index (χ1n) is 7.78. The highest BCUT2D eigenvalue weighted by molar-refractivity contribution is 5.52. The monoisotopic (exact) mass is 310 g/mol. The molecule has 1 saturated heterocycles. The van der Waals surface area contributed by atoms with Crippen LogP contribution in [0.3, 0.4) is 0 Å². The van der Waals surface area contributed by atoms with Gasteiger partial charge in [-0.1, -0.05) is 18.2 Å². The molecule has 0 spiro atoms. The molecular formula is C19H19FN2O. The average molecular weight is 310 g/mol. The minimum atomic E-state index is -0.865. The molecule has 4 heteroatoms. The largest absolute Gasteiger partial charge is 0.457 e. The van der Waals surface area contributed by atoms with E-state index in [9.17, 15) is 4.39 Å². The Morgan fingerprint density at radius 1 is 1.22 bits per heavy atom. The molecule has 0 N–H and O–H groups in total. The van der Waals surface area contributed by atoms with Gasteiger partial charge in [-0.15, -0.1) is 0 Å². The van der Waals surface area contributed by atoms with E-state index in [4.69, 9.17) is 10.00 Å². The topological polar surface area (TPSA) is 36.3 Å². The molecule has 1 aliphatic rings. The summed E-state index contributed by atoms with van der Waals surface area (Å²) < 4.78 is 19.5. The Morgan fingerprint density at radius 3 is 2.65 bits per heavy atom. The van der Waals surface area contributed by atoms with Crippen LogP contribution in [-0.2, 0) is 0 Å². The third-order valence-corrected chi connectivity index (χ3v) is 4.18. The first-order chi connectivity index (χ1) is 11.2. The van der Waals surface area contributed by atoms with E-state index in [0.717, 1.165) is 22.7 Å². The van der Waals surface area contributed by atoms with E-state index in [1.165, 1.54) is 0 Å². The fourth-order valence-corrected chi connectivity index (χ4v) is 2.98. The third-order valence-electron chi connectivity index (χ3n) is 4.18. The van der Waals surface area contributed by atoms with E-state index >= 15 is 0 Å². The highest BCUT2D eigenvalue weighted by atomic mass is 19.1. The van der Waals surface area contributed by atoms with Gasteiger partial charge in [0.2, 0.25) is 0 Å². The number of anilines is 1. The summed E-state index contributed by atoms with van der Waals surface area (Å²) in [6.07, 6.45) is -0.0899. The van der Waals surface area contributed by atoms with Crippen molar-refractivity contribution in [2.75, 3.05) is 11.4 Å². The molecule has 0 bridgehead atoms. The predicted molar refractivity (Wildman–Crippen MR) is 88.6 cm³/mol. The lowest BCUT2D eigenvalue weighted by Crippen LogP contribution is -2.28. The minimum absolute atomic E-state index is 0.0434. The van der Waals surface area contributed by atoms with Crippen molar-refractivity contribution < 1.29 is 9.13 Å². The van der Waals surface area contributed by atoms with Gasteiger partial charge in [-0.25, -0.2) is 4.39 Å². The van der Waals surface area contributed by atoms with Gasteiger partial charge in [0.05, 0.1) is 12.5 Å². The molecular weight excluding hydrogens is 291 g/mol. The van der Waals surface area contributed by atoms with E-state index in [2.05, 4.69) is 6.07 Å². The third kappa shape index (κ3) is 3.45. The number of ether oxygens (including phenoxy) is 1. The first-order valence-corrected chi connectivity index (χ1v) is 7.78. The number of rotatable bonds is 4. The van der Waals surface area contributed by atoms with Crippen LogP contribution in [0.15, 0.2) is 48.5 Å².